The predicted octanol–water partition coefficient (Wildman–Crippen LogP) is 3.83. The Labute approximate surface area is 179 Å². The standard InChI is InChI=1S/C23H24F2N2O4/c1-2-30-23(29)11-10-22(28)27(14-17-8-9-18(24)12-20(17)25)15-19-13-21(26-31-19)16-6-4-3-5-7-16/h3-9,12,19H,2,10-11,13-15H2,1H3. The van der Waals surface area contributed by atoms with Crippen LogP contribution in [0.3, 0.4) is 0 Å². The van der Waals surface area contributed by atoms with Gasteiger partial charge in [0.1, 0.15) is 11.6 Å². The van der Waals surface area contributed by atoms with E-state index in [1.54, 1.807) is 6.92 Å². The van der Waals surface area contributed by atoms with E-state index in [1.165, 1.54) is 11.0 Å². The van der Waals surface area contributed by atoms with Gasteiger partial charge in [-0.1, -0.05) is 41.6 Å². The second kappa shape index (κ2) is 10.7. The molecule has 164 valence electrons. The molecule has 0 aliphatic carbocycles. The molecule has 2 aromatic rings. The van der Waals surface area contributed by atoms with E-state index in [9.17, 15) is 18.4 Å². The molecule has 0 radical (unpaired) electrons. The summed E-state index contributed by atoms with van der Waals surface area (Å²) >= 11 is 0. The zero-order chi connectivity index (χ0) is 22.2. The first-order valence-electron chi connectivity index (χ1n) is 10.1. The molecule has 8 heteroatoms. The molecule has 0 aromatic heterocycles. The van der Waals surface area contributed by atoms with Crippen molar-refractivity contribution in [2.75, 3.05) is 13.2 Å². The summed E-state index contributed by atoms with van der Waals surface area (Å²) in [6, 6.07) is 12.8. The molecule has 1 heterocycles. The summed E-state index contributed by atoms with van der Waals surface area (Å²) in [5.74, 6) is -2.26. The van der Waals surface area contributed by atoms with E-state index in [2.05, 4.69) is 5.16 Å². The molecule has 3 rings (SSSR count). The van der Waals surface area contributed by atoms with Gasteiger partial charge in [-0.15, -0.1) is 0 Å². The van der Waals surface area contributed by atoms with Crippen molar-refractivity contribution in [1.82, 2.24) is 4.90 Å². The summed E-state index contributed by atoms with van der Waals surface area (Å²) in [6.07, 6.45) is -0.0877. The maximum absolute atomic E-state index is 14.2. The maximum Gasteiger partial charge on any atom is 0.306 e. The van der Waals surface area contributed by atoms with Crippen molar-refractivity contribution in [3.8, 4) is 0 Å². The smallest absolute Gasteiger partial charge is 0.306 e. The molecule has 1 atom stereocenters. The third-order valence-electron chi connectivity index (χ3n) is 4.84. The van der Waals surface area contributed by atoms with Gasteiger partial charge in [-0.3, -0.25) is 9.59 Å². The van der Waals surface area contributed by atoms with E-state index in [0.717, 1.165) is 23.4 Å². The Bertz CT molecular complexity index is 950. The van der Waals surface area contributed by atoms with Crippen LogP contribution in [0.2, 0.25) is 0 Å². The number of oxime groups is 1. The number of hydrogen-bond donors (Lipinski definition) is 0. The topological polar surface area (TPSA) is 68.2 Å². The van der Waals surface area contributed by atoms with Gasteiger partial charge in [0, 0.05) is 31.0 Å². The molecule has 6 nitrogen and oxygen atoms in total. The largest absolute Gasteiger partial charge is 0.466 e. The lowest BCUT2D eigenvalue weighted by Crippen LogP contribution is -2.37. The van der Waals surface area contributed by atoms with Crippen molar-refractivity contribution < 1.29 is 27.9 Å². The third-order valence-corrected chi connectivity index (χ3v) is 4.84. The van der Waals surface area contributed by atoms with Crippen LogP contribution in [0.5, 0.6) is 0 Å². The van der Waals surface area contributed by atoms with Gasteiger partial charge in [0.25, 0.3) is 0 Å². The predicted molar refractivity (Wildman–Crippen MR) is 110 cm³/mol. The fraction of sp³-hybridized carbons (Fsp3) is 0.348. The molecular formula is C23H24F2N2O4. The van der Waals surface area contributed by atoms with E-state index < -0.39 is 23.7 Å². The summed E-state index contributed by atoms with van der Waals surface area (Å²) in [4.78, 5) is 31.3. The first kappa shape index (κ1) is 22.4. The highest BCUT2D eigenvalue weighted by Crippen LogP contribution is 2.20. The van der Waals surface area contributed by atoms with Gasteiger partial charge in [0.2, 0.25) is 5.91 Å². The number of carbonyl (C=O) groups is 2. The van der Waals surface area contributed by atoms with Crippen LogP contribution in [0, 0.1) is 11.6 Å². The summed E-state index contributed by atoms with van der Waals surface area (Å²) in [5.41, 5.74) is 1.86. The zero-order valence-corrected chi connectivity index (χ0v) is 17.2. The fourth-order valence-electron chi connectivity index (χ4n) is 3.28. The van der Waals surface area contributed by atoms with E-state index in [-0.39, 0.29) is 44.0 Å². The van der Waals surface area contributed by atoms with Gasteiger partial charge >= 0.3 is 5.97 Å². The Morgan fingerprint density at radius 3 is 2.65 bits per heavy atom. The van der Waals surface area contributed by atoms with Crippen LogP contribution in [0.25, 0.3) is 0 Å². The molecule has 0 saturated carbocycles. The average Bonchev–Trinajstić information content (AvgIpc) is 3.23. The number of carbonyl (C=O) groups excluding carboxylic acids is 2. The summed E-state index contributed by atoms with van der Waals surface area (Å²) < 4.78 is 32.3. The maximum atomic E-state index is 14.2. The highest BCUT2D eigenvalue weighted by Gasteiger charge is 2.27. The number of hydrogen-bond acceptors (Lipinski definition) is 5. The molecule has 2 aromatic carbocycles. The van der Waals surface area contributed by atoms with Crippen molar-refractivity contribution in [2.24, 2.45) is 5.16 Å². The zero-order valence-electron chi connectivity index (χ0n) is 17.2. The number of ether oxygens (including phenoxy) is 1. The third kappa shape index (κ3) is 6.34. The van der Waals surface area contributed by atoms with Crippen LogP contribution in [0.1, 0.15) is 37.3 Å². The summed E-state index contributed by atoms with van der Waals surface area (Å²) in [6.45, 7) is 1.99. The van der Waals surface area contributed by atoms with Gasteiger partial charge < -0.3 is 14.5 Å². The minimum atomic E-state index is -0.739. The molecule has 0 bridgehead atoms. The van der Waals surface area contributed by atoms with E-state index in [4.69, 9.17) is 9.57 Å². The molecule has 1 aliphatic rings. The highest BCUT2D eigenvalue weighted by molar-refractivity contribution is 6.01. The number of esters is 1. The first-order valence-corrected chi connectivity index (χ1v) is 10.1. The Hall–Kier alpha value is -3.29. The second-order valence-electron chi connectivity index (χ2n) is 7.15. The molecule has 1 unspecified atom stereocenters. The van der Waals surface area contributed by atoms with Crippen molar-refractivity contribution in [1.29, 1.82) is 0 Å². The van der Waals surface area contributed by atoms with Crippen molar-refractivity contribution in [2.45, 2.75) is 38.8 Å². The number of halogens is 2. The summed E-state index contributed by atoms with van der Waals surface area (Å²) in [7, 11) is 0. The van der Waals surface area contributed by atoms with Gasteiger partial charge in [-0.2, -0.15) is 0 Å². The van der Waals surface area contributed by atoms with E-state index >= 15 is 0 Å². The Morgan fingerprint density at radius 2 is 1.94 bits per heavy atom. The van der Waals surface area contributed by atoms with Crippen LogP contribution < -0.4 is 0 Å². The van der Waals surface area contributed by atoms with Crippen LogP contribution in [0.15, 0.2) is 53.7 Å². The van der Waals surface area contributed by atoms with Crippen molar-refractivity contribution in [3.05, 3.63) is 71.3 Å². The van der Waals surface area contributed by atoms with Crippen LogP contribution in [-0.4, -0.2) is 41.7 Å². The molecule has 1 amide bonds. The molecule has 0 fully saturated rings. The van der Waals surface area contributed by atoms with Gasteiger partial charge in [-0.05, 0) is 18.6 Å². The number of benzene rings is 2. The summed E-state index contributed by atoms with van der Waals surface area (Å²) in [5, 5.41) is 4.12. The Morgan fingerprint density at radius 1 is 1.16 bits per heavy atom. The van der Waals surface area contributed by atoms with Crippen LogP contribution in [0.4, 0.5) is 8.78 Å². The molecule has 0 spiro atoms. The Balaban J connectivity index is 1.68. The monoisotopic (exact) mass is 430 g/mol. The molecule has 0 saturated heterocycles. The fourth-order valence-corrected chi connectivity index (χ4v) is 3.28. The number of rotatable bonds is 9. The minimum Gasteiger partial charge on any atom is -0.466 e. The second-order valence-corrected chi connectivity index (χ2v) is 7.15. The van der Waals surface area contributed by atoms with Crippen molar-refractivity contribution in [3.63, 3.8) is 0 Å². The highest BCUT2D eigenvalue weighted by atomic mass is 19.1. The van der Waals surface area contributed by atoms with Crippen LogP contribution in [-0.2, 0) is 25.7 Å². The normalized spacial score (nSPS) is 15.2. The average molecular weight is 430 g/mol. The molecule has 31 heavy (non-hydrogen) atoms. The van der Waals surface area contributed by atoms with Gasteiger partial charge in [-0.25, -0.2) is 8.78 Å². The molecular weight excluding hydrogens is 406 g/mol. The van der Waals surface area contributed by atoms with Crippen molar-refractivity contribution >= 4 is 17.6 Å². The van der Waals surface area contributed by atoms with E-state index in [0.29, 0.717) is 6.42 Å². The number of amides is 1. The number of nitrogens with zero attached hydrogens (tertiary/aromatic N) is 2. The Kier molecular flexibility index (Phi) is 7.70. The minimum absolute atomic E-state index is 0.0751. The quantitative estimate of drug-likeness (QED) is 0.567. The van der Waals surface area contributed by atoms with E-state index in [1.807, 2.05) is 30.3 Å². The lowest BCUT2D eigenvalue weighted by Gasteiger charge is -2.25. The lowest BCUT2D eigenvalue weighted by atomic mass is 10.0. The molecule has 0 N–H and O–H groups in total. The SMILES string of the molecule is CCOC(=O)CCC(=O)N(Cc1ccc(F)cc1F)CC1CC(c2ccccc2)=NO1. The molecule has 1 aliphatic heterocycles. The van der Waals surface area contributed by atoms with Gasteiger partial charge in [0.15, 0.2) is 6.10 Å². The first-order chi connectivity index (χ1) is 15.0. The van der Waals surface area contributed by atoms with Crippen LogP contribution >= 0.6 is 0 Å². The van der Waals surface area contributed by atoms with Gasteiger partial charge in [0.05, 0.1) is 25.3 Å². The lowest BCUT2D eigenvalue weighted by molar-refractivity contribution is -0.146.